The van der Waals surface area contributed by atoms with Crippen molar-refractivity contribution in [1.82, 2.24) is 4.90 Å². The van der Waals surface area contributed by atoms with Crippen LogP contribution in [0.15, 0.2) is 54.6 Å². The number of carbonyl (C=O) groups excluding carboxylic acids is 3. The summed E-state index contributed by atoms with van der Waals surface area (Å²) < 4.78 is 5.17. The molecular formula is C21H24N2O4. The van der Waals surface area contributed by atoms with Crippen LogP contribution in [0.2, 0.25) is 0 Å². The van der Waals surface area contributed by atoms with Gasteiger partial charge in [0.15, 0.2) is 6.61 Å². The maximum atomic E-state index is 12.3. The van der Waals surface area contributed by atoms with Crippen LogP contribution in [0.5, 0.6) is 0 Å². The number of esters is 1. The molecule has 0 fully saturated rings. The van der Waals surface area contributed by atoms with E-state index in [0.717, 1.165) is 5.56 Å². The lowest BCUT2D eigenvalue weighted by Gasteiger charge is -2.14. The molecule has 0 saturated heterocycles. The van der Waals surface area contributed by atoms with Gasteiger partial charge in [0.05, 0.1) is 5.92 Å². The predicted molar refractivity (Wildman–Crippen MR) is 104 cm³/mol. The summed E-state index contributed by atoms with van der Waals surface area (Å²) in [7, 11) is 3.34. The van der Waals surface area contributed by atoms with Gasteiger partial charge in [-0.2, -0.15) is 0 Å². The quantitative estimate of drug-likeness (QED) is 0.762. The molecule has 27 heavy (non-hydrogen) atoms. The molecule has 0 bridgehead atoms. The fraction of sp³-hybridized carbons (Fsp3) is 0.286. The second-order valence-electron chi connectivity index (χ2n) is 6.30. The molecule has 0 saturated carbocycles. The number of carbonyl (C=O) groups is 3. The molecule has 0 unspecified atom stereocenters. The van der Waals surface area contributed by atoms with Crippen molar-refractivity contribution in [2.24, 2.45) is 0 Å². The molecule has 6 nitrogen and oxygen atoms in total. The van der Waals surface area contributed by atoms with Crippen LogP contribution in [0.4, 0.5) is 5.69 Å². The van der Waals surface area contributed by atoms with Crippen LogP contribution in [0.25, 0.3) is 0 Å². The molecule has 0 heterocycles. The van der Waals surface area contributed by atoms with E-state index >= 15 is 0 Å². The number of nitrogens with one attached hydrogen (secondary N) is 1. The van der Waals surface area contributed by atoms with E-state index < -0.39 is 17.8 Å². The van der Waals surface area contributed by atoms with Crippen LogP contribution in [0.3, 0.4) is 0 Å². The van der Waals surface area contributed by atoms with Gasteiger partial charge in [0.1, 0.15) is 0 Å². The molecule has 142 valence electrons. The van der Waals surface area contributed by atoms with E-state index in [1.165, 1.54) is 4.90 Å². The normalized spacial score (nSPS) is 11.4. The van der Waals surface area contributed by atoms with Gasteiger partial charge in [0.2, 0.25) is 0 Å². The molecule has 0 spiro atoms. The van der Waals surface area contributed by atoms with Crippen molar-refractivity contribution in [3.8, 4) is 0 Å². The minimum Gasteiger partial charge on any atom is -0.455 e. The van der Waals surface area contributed by atoms with Crippen molar-refractivity contribution in [3.63, 3.8) is 0 Å². The molecule has 2 amide bonds. The fourth-order valence-electron chi connectivity index (χ4n) is 2.61. The molecule has 0 aliphatic heterocycles. The fourth-order valence-corrected chi connectivity index (χ4v) is 2.61. The third-order valence-electron chi connectivity index (χ3n) is 4.06. The third-order valence-corrected chi connectivity index (χ3v) is 4.06. The molecule has 1 atom stereocenters. The van der Waals surface area contributed by atoms with E-state index in [-0.39, 0.29) is 12.5 Å². The number of nitrogens with zero attached hydrogens (tertiary/aromatic N) is 1. The first kappa shape index (κ1) is 20.2. The molecule has 0 radical (unpaired) electrons. The van der Waals surface area contributed by atoms with E-state index in [1.807, 2.05) is 37.3 Å². The van der Waals surface area contributed by atoms with Crippen molar-refractivity contribution in [2.45, 2.75) is 19.3 Å². The number of hydrogen-bond acceptors (Lipinski definition) is 4. The van der Waals surface area contributed by atoms with Crippen LogP contribution in [-0.4, -0.2) is 43.4 Å². The summed E-state index contributed by atoms with van der Waals surface area (Å²) in [6.45, 7) is 1.54. The smallest absolute Gasteiger partial charge is 0.313 e. The molecule has 2 aromatic carbocycles. The summed E-state index contributed by atoms with van der Waals surface area (Å²) in [5.41, 5.74) is 1.92. The summed E-state index contributed by atoms with van der Waals surface area (Å²) in [4.78, 5) is 37.6. The van der Waals surface area contributed by atoms with Gasteiger partial charge >= 0.3 is 5.97 Å². The highest BCUT2D eigenvalue weighted by Crippen LogP contribution is 2.20. The van der Waals surface area contributed by atoms with E-state index in [4.69, 9.17) is 4.74 Å². The zero-order valence-electron chi connectivity index (χ0n) is 15.8. The van der Waals surface area contributed by atoms with Crippen molar-refractivity contribution in [1.29, 1.82) is 0 Å². The molecule has 6 heteroatoms. The minimum atomic E-state index is -0.432. The number of benzene rings is 2. The van der Waals surface area contributed by atoms with Gasteiger partial charge in [-0.15, -0.1) is 0 Å². The van der Waals surface area contributed by atoms with Gasteiger partial charge in [-0.25, -0.2) is 0 Å². The first-order valence-corrected chi connectivity index (χ1v) is 8.75. The Labute approximate surface area is 159 Å². The Morgan fingerprint density at radius 3 is 2.19 bits per heavy atom. The van der Waals surface area contributed by atoms with Gasteiger partial charge in [0, 0.05) is 25.3 Å². The number of anilines is 1. The van der Waals surface area contributed by atoms with Crippen molar-refractivity contribution >= 4 is 23.5 Å². The summed E-state index contributed by atoms with van der Waals surface area (Å²) in [6.07, 6.45) is 0.589. The molecular weight excluding hydrogens is 344 g/mol. The largest absolute Gasteiger partial charge is 0.455 e. The highest BCUT2D eigenvalue weighted by atomic mass is 16.5. The second-order valence-corrected chi connectivity index (χ2v) is 6.30. The summed E-state index contributed by atoms with van der Waals surface area (Å²) in [5, 5.41) is 2.65. The second kappa shape index (κ2) is 9.52. The molecule has 2 rings (SSSR count). The molecule has 1 N–H and O–H groups in total. The van der Waals surface area contributed by atoms with Crippen molar-refractivity contribution in [3.05, 3.63) is 65.7 Å². The average molecular weight is 368 g/mol. The van der Waals surface area contributed by atoms with Crippen LogP contribution in [0, 0.1) is 0 Å². The zero-order valence-corrected chi connectivity index (χ0v) is 15.8. The monoisotopic (exact) mass is 368 g/mol. The van der Waals surface area contributed by atoms with Gasteiger partial charge < -0.3 is 15.0 Å². The predicted octanol–water partition coefficient (Wildman–Crippen LogP) is 3.06. The Morgan fingerprint density at radius 2 is 1.63 bits per heavy atom. The third kappa shape index (κ3) is 5.67. The summed E-state index contributed by atoms with van der Waals surface area (Å²) in [6, 6.07) is 15.9. The Hall–Kier alpha value is -3.15. The molecule has 0 aliphatic carbocycles. The number of hydrogen-bond donors (Lipinski definition) is 1. The maximum absolute atomic E-state index is 12.3. The van der Waals surface area contributed by atoms with E-state index in [0.29, 0.717) is 17.7 Å². The first-order chi connectivity index (χ1) is 12.9. The zero-order chi connectivity index (χ0) is 19.8. The van der Waals surface area contributed by atoms with Gasteiger partial charge in [-0.05, 0) is 36.2 Å². The van der Waals surface area contributed by atoms with Crippen molar-refractivity contribution in [2.75, 3.05) is 26.0 Å². The summed E-state index contributed by atoms with van der Waals surface area (Å²) in [5.74, 6) is -1.37. The lowest BCUT2D eigenvalue weighted by atomic mass is 9.97. The Bertz CT molecular complexity index is 786. The van der Waals surface area contributed by atoms with Gasteiger partial charge in [-0.3, -0.25) is 14.4 Å². The highest BCUT2D eigenvalue weighted by molar-refractivity contribution is 5.96. The van der Waals surface area contributed by atoms with Crippen LogP contribution >= 0.6 is 0 Å². The Kier molecular flexibility index (Phi) is 7.11. The standard InChI is InChI=1S/C21H24N2O4/c1-4-18(15-8-6-5-7-9-15)21(26)27-14-19(24)22-17-12-10-16(11-13-17)20(25)23(2)3/h5-13,18H,4,14H2,1-3H3,(H,22,24)/t18-/m1/s1. The Balaban J connectivity index is 1.88. The van der Waals surface area contributed by atoms with Crippen LogP contribution in [0.1, 0.15) is 35.2 Å². The maximum Gasteiger partial charge on any atom is 0.313 e. The number of rotatable bonds is 7. The van der Waals surface area contributed by atoms with Gasteiger partial charge in [-0.1, -0.05) is 37.3 Å². The van der Waals surface area contributed by atoms with E-state index in [9.17, 15) is 14.4 Å². The topological polar surface area (TPSA) is 75.7 Å². The average Bonchev–Trinajstić information content (AvgIpc) is 2.68. The van der Waals surface area contributed by atoms with Gasteiger partial charge in [0.25, 0.3) is 11.8 Å². The molecule has 0 aromatic heterocycles. The first-order valence-electron chi connectivity index (χ1n) is 8.75. The SMILES string of the molecule is CC[C@@H](C(=O)OCC(=O)Nc1ccc(C(=O)N(C)C)cc1)c1ccccc1. The number of amides is 2. The number of ether oxygens (including phenoxy) is 1. The van der Waals surface area contributed by atoms with Crippen LogP contribution in [-0.2, 0) is 14.3 Å². The lowest BCUT2D eigenvalue weighted by Crippen LogP contribution is -2.24. The van der Waals surface area contributed by atoms with Crippen molar-refractivity contribution < 1.29 is 19.1 Å². The Morgan fingerprint density at radius 1 is 1.00 bits per heavy atom. The van der Waals surface area contributed by atoms with E-state index in [1.54, 1.807) is 38.4 Å². The molecule has 2 aromatic rings. The van der Waals surface area contributed by atoms with Crippen LogP contribution < -0.4 is 5.32 Å². The minimum absolute atomic E-state index is 0.117. The lowest BCUT2D eigenvalue weighted by molar-refractivity contribution is -0.149. The highest BCUT2D eigenvalue weighted by Gasteiger charge is 2.21. The summed E-state index contributed by atoms with van der Waals surface area (Å²) >= 11 is 0. The van der Waals surface area contributed by atoms with E-state index in [2.05, 4.69) is 5.32 Å². The molecule has 0 aliphatic rings.